The molecule has 0 spiro atoms. The molecule has 0 bridgehead atoms. The minimum Gasteiger partial charge on any atom is -0.469 e. The lowest BCUT2D eigenvalue weighted by molar-refractivity contribution is -0.140. The third-order valence-electron chi connectivity index (χ3n) is 3.05. The van der Waals surface area contributed by atoms with Crippen LogP contribution in [0.5, 0.6) is 0 Å². The van der Waals surface area contributed by atoms with Gasteiger partial charge >= 0.3 is 5.97 Å². The molecule has 0 unspecified atom stereocenters. The van der Waals surface area contributed by atoms with E-state index in [2.05, 4.69) is 14.9 Å². The molecular formula is C14H17N3O2. The van der Waals surface area contributed by atoms with Crippen molar-refractivity contribution in [2.45, 2.75) is 13.3 Å². The fourth-order valence-corrected chi connectivity index (χ4v) is 1.99. The monoisotopic (exact) mass is 259 g/mol. The van der Waals surface area contributed by atoms with E-state index in [-0.39, 0.29) is 5.97 Å². The van der Waals surface area contributed by atoms with E-state index in [0.29, 0.717) is 13.0 Å². The molecule has 5 heteroatoms. The highest BCUT2D eigenvalue weighted by atomic mass is 16.5. The van der Waals surface area contributed by atoms with Crippen molar-refractivity contribution in [3.8, 4) is 0 Å². The SMILES string of the molecule is CCN(CCC(=O)OC)c1nncc2ccccc12. The van der Waals surface area contributed by atoms with E-state index >= 15 is 0 Å². The Kier molecular flexibility index (Phi) is 4.28. The van der Waals surface area contributed by atoms with Gasteiger partial charge in [0, 0.05) is 23.9 Å². The van der Waals surface area contributed by atoms with Crippen LogP contribution in [-0.2, 0) is 9.53 Å². The average Bonchev–Trinajstić information content (AvgIpc) is 2.47. The number of nitrogens with zero attached hydrogens (tertiary/aromatic N) is 3. The van der Waals surface area contributed by atoms with Crippen LogP contribution in [0.1, 0.15) is 13.3 Å². The van der Waals surface area contributed by atoms with Gasteiger partial charge in [-0.15, -0.1) is 5.10 Å². The fraction of sp³-hybridized carbons (Fsp3) is 0.357. The van der Waals surface area contributed by atoms with Gasteiger partial charge in [-0.3, -0.25) is 4.79 Å². The smallest absolute Gasteiger partial charge is 0.307 e. The third-order valence-corrected chi connectivity index (χ3v) is 3.05. The standard InChI is InChI=1S/C14H17N3O2/c1-3-17(9-8-13(18)19-2)14-12-7-5-4-6-11(12)10-15-16-14/h4-7,10H,3,8-9H2,1-2H3. The van der Waals surface area contributed by atoms with Gasteiger partial charge in [-0.25, -0.2) is 0 Å². The summed E-state index contributed by atoms with van der Waals surface area (Å²) in [6.07, 6.45) is 2.09. The highest BCUT2D eigenvalue weighted by Gasteiger charge is 2.12. The first kappa shape index (κ1) is 13.3. The average molecular weight is 259 g/mol. The summed E-state index contributed by atoms with van der Waals surface area (Å²) in [5, 5.41) is 10.3. The van der Waals surface area contributed by atoms with E-state index in [1.807, 2.05) is 36.1 Å². The largest absolute Gasteiger partial charge is 0.469 e. The van der Waals surface area contributed by atoms with Gasteiger partial charge in [0.2, 0.25) is 0 Å². The van der Waals surface area contributed by atoms with Crippen molar-refractivity contribution in [1.82, 2.24) is 10.2 Å². The van der Waals surface area contributed by atoms with Gasteiger partial charge in [0.25, 0.3) is 0 Å². The fourth-order valence-electron chi connectivity index (χ4n) is 1.99. The maximum atomic E-state index is 11.2. The lowest BCUT2D eigenvalue weighted by Crippen LogP contribution is -2.27. The minimum absolute atomic E-state index is 0.216. The number of ether oxygens (including phenoxy) is 1. The summed E-state index contributed by atoms with van der Waals surface area (Å²) in [5.41, 5.74) is 0. The molecule has 1 aromatic heterocycles. The number of rotatable bonds is 5. The van der Waals surface area contributed by atoms with E-state index in [1.54, 1.807) is 6.20 Å². The number of aromatic nitrogens is 2. The number of hydrogen-bond acceptors (Lipinski definition) is 5. The van der Waals surface area contributed by atoms with E-state index in [4.69, 9.17) is 0 Å². The number of anilines is 1. The Balaban J connectivity index is 2.27. The highest BCUT2D eigenvalue weighted by Crippen LogP contribution is 2.22. The zero-order chi connectivity index (χ0) is 13.7. The van der Waals surface area contributed by atoms with Crippen LogP contribution in [0.15, 0.2) is 30.5 Å². The molecule has 100 valence electrons. The molecule has 0 saturated carbocycles. The number of methoxy groups -OCH3 is 1. The molecule has 0 N–H and O–H groups in total. The lowest BCUT2D eigenvalue weighted by Gasteiger charge is -2.22. The maximum absolute atomic E-state index is 11.2. The predicted molar refractivity (Wildman–Crippen MR) is 74.1 cm³/mol. The molecule has 0 aliphatic carbocycles. The molecule has 2 rings (SSSR count). The Labute approximate surface area is 112 Å². The Morgan fingerprint density at radius 3 is 2.89 bits per heavy atom. The van der Waals surface area contributed by atoms with Crippen LogP contribution in [0, 0.1) is 0 Å². The molecule has 0 saturated heterocycles. The first-order chi connectivity index (χ1) is 9.26. The molecule has 0 aliphatic heterocycles. The zero-order valence-corrected chi connectivity index (χ0v) is 11.2. The van der Waals surface area contributed by atoms with Crippen molar-refractivity contribution in [1.29, 1.82) is 0 Å². The van der Waals surface area contributed by atoms with E-state index in [1.165, 1.54) is 7.11 Å². The number of carbonyl (C=O) groups is 1. The van der Waals surface area contributed by atoms with Gasteiger partial charge < -0.3 is 9.64 Å². The Bertz CT molecular complexity index is 566. The number of esters is 1. The highest BCUT2D eigenvalue weighted by molar-refractivity contribution is 5.91. The van der Waals surface area contributed by atoms with Crippen molar-refractivity contribution in [2.75, 3.05) is 25.1 Å². The summed E-state index contributed by atoms with van der Waals surface area (Å²) in [6, 6.07) is 7.96. The van der Waals surface area contributed by atoms with Crippen LogP contribution >= 0.6 is 0 Å². The number of hydrogen-bond donors (Lipinski definition) is 0. The van der Waals surface area contributed by atoms with Crippen LogP contribution < -0.4 is 4.90 Å². The van der Waals surface area contributed by atoms with Gasteiger partial charge in [-0.05, 0) is 6.92 Å². The molecule has 0 atom stereocenters. The van der Waals surface area contributed by atoms with Gasteiger partial charge in [0.1, 0.15) is 0 Å². The lowest BCUT2D eigenvalue weighted by atomic mass is 10.2. The molecule has 0 radical (unpaired) electrons. The first-order valence-electron chi connectivity index (χ1n) is 6.28. The van der Waals surface area contributed by atoms with Gasteiger partial charge in [0.05, 0.1) is 19.7 Å². The summed E-state index contributed by atoms with van der Waals surface area (Å²) in [7, 11) is 1.40. The second kappa shape index (κ2) is 6.13. The first-order valence-corrected chi connectivity index (χ1v) is 6.28. The minimum atomic E-state index is -0.216. The van der Waals surface area contributed by atoms with Crippen LogP contribution in [0.2, 0.25) is 0 Å². The Morgan fingerprint density at radius 2 is 2.16 bits per heavy atom. The Morgan fingerprint density at radius 1 is 1.37 bits per heavy atom. The summed E-state index contributed by atoms with van der Waals surface area (Å²) < 4.78 is 4.67. The van der Waals surface area contributed by atoms with E-state index < -0.39 is 0 Å². The number of benzene rings is 1. The van der Waals surface area contributed by atoms with Crippen molar-refractivity contribution in [3.63, 3.8) is 0 Å². The second-order valence-corrected chi connectivity index (χ2v) is 4.16. The molecule has 5 nitrogen and oxygen atoms in total. The molecule has 0 fully saturated rings. The van der Waals surface area contributed by atoms with Gasteiger partial charge in [-0.2, -0.15) is 5.10 Å². The normalized spacial score (nSPS) is 10.4. The summed E-state index contributed by atoms with van der Waals surface area (Å²) in [6.45, 7) is 3.37. The van der Waals surface area contributed by atoms with Gasteiger partial charge in [0.15, 0.2) is 5.82 Å². The molecular weight excluding hydrogens is 242 g/mol. The third kappa shape index (κ3) is 2.99. The van der Waals surface area contributed by atoms with Crippen LogP contribution in [0.25, 0.3) is 10.8 Å². The number of carbonyl (C=O) groups excluding carboxylic acids is 1. The van der Waals surface area contributed by atoms with Crippen LogP contribution in [0.4, 0.5) is 5.82 Å². The maximum Gasteiger partial charge on any atom is 0.307 e. The molecule has 0 amide bonds. The second-order valence-electron chi connectivity index (χ2n) is 4.16. The van der Waals surface area contributed by atoms with Crippen molar-refractivity contribution < 1.29 is 9.53 Å². The molecule has 19 heavy (non-hydrogen) atoms. The van der Waals surface area contributed by atoms with Crippen LogP contribution in [0.3, 0.4) is 0 Å². The molecule has 2 aromatic rings. The molecule has 1 aromatic carbocycles. The van der Waals surface area contributed by atoms with Crippen molar-refractivity contribution in [3.05, 3.63) is 30.5 Å². The predicted octanol–water partition coefficient (Wildman–Crippen LogP) is 2.02. The number of fused-ring (bicyclic) bond motifs is 1. The summed E-state index contributed by atoms with van der Waals surface area (Å²) in [5.74, 6) is 0.594. The Hall–Kier alpha value is -2.17. The van der Waals surface area contributed by atoms with Crippen LogP contribution in [-0.4, -0.2) is 36.4 Å². The topological polar surface area (TPSA) is 55.3 Å². The van der Waals surface area contributed by atoms with E-state index in [0.717, 1.165) is 23.1 Å². The molecule has 0 aliphatic rings. The van der Waals surface area contributed by atoms with E-state index in [9.17, 15) is 4.79 Å². The summed E-state index contributed by atoms with van der Waals surface area (Å²) in [4.78, 5) is 13.3. The quantitative estimate of drug-likeness (QED) is 0.769. The molecule has 1 heterocycles. The van der Waals surface area contributed by atoms with Crippen molar-refractivity contribution in [2.24, 2.45) is 0 Å². The zero-order valence-electron chi connectivity index (χ0n) is 11.2. The summed E-state index contributed by atoms with van der Waals surface area (Å²) >= 11 is 0. The van der Waals surface area contributed by atoms with Crippen molar-refractivity contribution >= 4 is 22.6 Å². The van der Waals surface area contributed by atoms with Gasteiger partial charge in [-0.1, -0.05) is 24.3 Å².